The van der Waals surface area contributed by atoms with Gasteiger partial charge in [0, 0.05) is 28.6 Å². The van der Waals surface area contributed by atoms with Crippen molar-refractivity contribution in [3.63, 3.8) is 0 Å². The average molecular weight is 471 g/mol. The lowest BCUT2D eigenvalue weighted by molar-refractivity contribution is 0.0872. The number of hydrogen-bond donors (Lipinski definition) is 3. The summed E-state index contributed by atoms with van der Waals surface area (Å²) >= 11 is 7.64. The number of halogens is 1. The Morgan fingerprint density at radius 1 is 1.22 bits per heavy atom. The highest BCUT2D eigenvalue weighted by Crippen LogP contribution is 2.51. The molecular formula is C21H23ClN8OS. The number of hydrogen-bond acceptors (Lipinski definition) is 9. The van der Waals surface area contributed by atoms with Gasteiger partial charge in [-0.2, -0.15) is 5.10 Å². The molecule has 5 N–H and O–H groups in total. The first kappa shape index (κ1) is 20.4. The fourth-order valence-electron chi connectivity index (χ4n) is 5.09. The topological polar surface area (TPSA) is 130 Å². The summed E-state index contributed by atoms with van der Waals surface area (Å²) in [5.74, 6) is 0.297. The molecule has 2 atom stereocenters. The van der Waals surface area contributed by atoms with Crippen LogP contribution in [-0.4, -0.2) is 37.8 Å². The maximum absolute atomic E-state index is 6.84. The van der Waals surface area contributed by atoms with Gasteiger partial charge in [0.1, 0.15) is 16.9 Å². The van der Waals surface area contributed by atoms with E-state index in [-0.39, 0.29) is 17.6 Å². The Labute approximate surface area is 194 Å². The molecule has 3 aliphatic heterocycles. The van der Waals surface area contributed by atoms with Gasteiger partial charge in [0.25, 0.3) is 0 Å². The van der Waals surface area contributed by atoms with E-state index in [0.29, 0.717) is 22.5 Å². The lowest BCUT2D eigenvalue weighted by atomic mass is 9.73. The molecule has 6 rings (SSSR count). The number of aromatic nitrogens is 5. The van der Waals surface area contributed by atoms with Crippen molar-refractivity contribution in [1.29, 1.82) is 0 Å². The van der Waals surface area contributed by atoms with E-state index < -0.39 is 0 Å². The largest absolute Gasteiger partial charge is 0.382 e. The van der Waals surface area contributed by atoms with E-state index in [4.69, 9.17) is 32.9 Å². The molecule has 0 radical (unpaired) electrons. The van der Waals surface area contributed by atoms with Crippen molar-refractivity contribution in [3.8, 4) is 0 Å². The Kier molecular flexibility index (Phi) is 4.88. The summed E-state index contributed by atoms with van der Waals surface area (Å²) in [5, 5.41) is 9.42. The van der Waals surface area contributed by atoms with E-state index >= 15 is 0 Å². The van der Waals surface area contributed by atoms with Crippen LogP contribution in [0.1, 0.15) is 47.6 Å². The van der Waals surface area contributed by atoms with E-state index in [0.717, 1.165) is 60.0 Å². The maximum atomic E-state index is 6.84. The molecule has 0 aromatic carbocycles. The summed E-state index contributed by atoms with van der Waals surface area (Å²) in [6, 6.07) is 1.76. The molecule has 0 saturated carbocycles. The zero-order valence-electron chi connectivity index (χ0n) is 17.3. The Bertz CT molecular complexity index is 1180. The highest BCUT2D eigenvalue weighted by molar-refractivity contribution is 7.99. The van der Waals surface area contributed by atoms with Gasteiger partial charge in [0.05, 0.1) is 47.1 Å². The third kappa shape index (κ3) is 3.12. The quantitative estimate of drug-likeness (QED) is 0.528. The summed E-state index contributed by atoms with van der Waals surface area (Å²) in [5.41, 5.74) is 16.6. The van der Waals surface area contributed by atoms with Gasteiger partial charge in [-0.3, -0.25) is 9.67 Å². The van der Waals surface area contributed by atoms with Gasteiger partial charge in [-0.05, 0) is 32.0 Å². The Hall–Kier alpha value is -2.24. The molecule has 1 spiro atoms. The van der Waals surface area contributed by atoms with Crippen molar-refractivity contribution in [1.82, 2.24) is 30.0 Å². The molecule has 32 heavy (non-hydrogen) atoms. The highest BCUT2D eigenvalue weighted by atomic mass is 35.5. The molecule has 11 heteroatoms. The second-order valence-electron chi connectivity index (χ2n) is 8.57. The number of rotatable bonds is 3. The number of piperidine rings is 1. The van der Waals surface area contributed by atoms with Crippen molar-refractivity contribution in [2.45, 2.75) is 48.1 Å². The van der Waals surface area contributed by atoms with Gasteiger partial charge in [0.15, 0.2) is 0 Å². The smallest absolute Gasteiger partial charge is 0.143 e. The van der Waals surface area contributed by atoms with E-state index in [1.54, 1.807) is 24.7 Å². The number of nitrogens with one attached hydrogen (secondary N) is 1. The fourth-order valence-corrected chi connectivity index (χ4v) is 6.07. The Balaban J connectivity index is 1.27. The molecule has 2 unspecified atom stereocenters. The Morgan fingerprint density at radius 3 is 2.84 bits per heavy atom. The van der Waals surface area contributed by atoms with Crippen LogP contribution in [-0.2, 0) is 17.9 Å². The van der Waals surface area contributed by atoms with Gasteiger partial charge < -0.3 is 21.5 Å². The van der Waals surface area contributed by atoms with Crippen molar-refractivity contribution in [3.05, 3.63) is 52.3 Å². The standard InChI is InChI=1S/C21H23ClN8OS/c22-16-13(1-4-26-20(16)24)32-14-8-27-11(7-28-14)18-15-12(9-31-18)29-30-10-21(19(23)17(15)30)2-5-25-6-3-21/h1,4,7-8,18-19,25H,2-3,5-6,9-10,23H2,(H2,24,26). The lowest BCUT2D eigenvalue weighted by Crippen LogP contribution is -2.42. The van der Waals surface area contributed by atoms with Gasteiger partial charge in [-0.15, -0.1) is 0 Å². The van der Waals surface area contributed by atoms with Crippen LogP contribution in [0.15, 0.2) is 34.6 Å². The number of anilines is 1. The third-order valence-corrected chi connectivity index (χ3v) is 8.27. The first-order chi connectivity index (χ1) is 15.6. The van der Waals surface area contributed by atoms with E-state index in [2.05, 4.69) is 25.0 Å². The first-order valence-electron chi connectivity index (χ1n) is 10.6. The van der Waals surface area contributed by atoms with Gasteiger partial charge >= 0.3 is 0 Å². The summed E-state index contributed by atoms with van der Waals surface area (Å²) < 4.78 is 8.21. The molecule has 6 heterocycles. The van der Waals surface area contributed by atoms with Crippen LogP contribution in [0.3, 0.4) is 0 Å². The summed E-state index contributed by atoms with van der Waals surface area (Å²) in [6.07, 6.45) is 6.93. The van der Waals surface area contributed by atoms with E-state index in [9.17, 15) is 0 Å². The minimum absolute atomic E-state index is 0.0490. The summed E-state index contributed by atoms with van der Waals surface area (Å²) in [7, 11) is 0. The van der Waals surface area contributed by atoms with Crippen LogP contribution >= 0.6 is 23.4 Å². The molecular weight excluding hydrogens is 448 g/mol. The number of nitrogens with two attached hydrogens (primary N) is 2. The van der Waals surface area contributed by atoms with Crippen LogP contribution in [0.25, 0.3) is 0 Å². The molecule has 3 aliphatic rings. The maximum Gasteiger partial charge on any atom is 0.143 e. The lowest BCUT2D eigenvalue weighted by Gasteiger charge is -2.37. The van der Waals surface area contributed by atoms with Crippen molar-refractivity contribution >= 4 is 29.2 Å². The summed E-state index contributed by atoms with van der Waals surface area (Å²) in [4.78, 5) is 14.0. The predicted molar refractivity (Wildman–Crippen MR) is 120 cm³/mol. The normalized spacial score (nSPS) is 23.4. The van der Waals surface area contributed by atoms with Crippen LogP contribution < -0.4 is 16.8 Å². The van der Waals surface area contributed by atoms with Gasteiger partial charge in [-0.25, -0.2) is 9.97 Å². The van der Waals surface area contributed by atoms with Crippen molar-refractivity contribution < 1.29 is 4.74 Å². The van der Waals surface area contributed by atoms with Gasteiger partial charge in [0.2, 0.25) is 0 Å². The minimum atomic E-state index is -0.302. The molecule has 0 bridgehead atoms. The SMILES string of the molecule is Nc1nccc(Sc2cnc(C3OCc4nn5c(c43)C(N)C3(CCNCC3)C5)cn2)c1Cl. The van der Waals surface area contributed by atoms with Crippen LogP contribution in [0.2, 0.25) is 5.02 Å². The number of nitrogens with zero attached hydrogens (tertiary/aromatic N) is 5. The second kappa shape index (κ2) is 7.67. The Morgan fingerprint density at radius 2 is 2.06 bits per heavy atom. The molecule has 3 aromatic rings. The minimum Gasteiger partial charge on any atom is -0.382 e. The van der Waals surface area contributed by atoms with E-state index in [1.807, 2.05) is 0 Å². The van der Waals surface area contributed by atoms with Crippen LogP contribution in [0, 0.1) is 5.41 Å². The molecule has 166 valence electrons. The van der Waals surface area contributed by atoms with Gasteiger partial charge in [-0.1, -0.05) is 23.4 Å². The third-order valence-electron chi connectivity index (χ3n) is 6.79. The van der Waals surface area contributed by atoms with Crippen LogP contribution in [0.5, 0.6) is 0 Å². The predicted octanol–water partition coefficient (Wildman–Crippen LogP) is 2.46. The fraction of sp³-hybridized carbons (Fsp3) is 0.429. The summed E-state index contributed by atoms with van der Waals surface area (Å²) in [6.45, 7) is 3.34. The second-order valence-corrected chi connectivity index (χ2v) is 10.0. The number of fused-ring (bicyclic) bond motifs is 3. The number of pyridine rings is 1. The molecule has 3 aromatic heterocycles. The zero-order chi connectivity index (χ0) is 21.9. The van der Waals surface area contributed by atoms with E-state index in [1.165, 1.54) is 11.8 Å². The molecule has 1 fully saturated rings. The monoisotopic (exact) mass is 470 g/mol. The molecule has 1 saturated heterocycles. The number of nitrogen functional groups attached to an aromatic ring is 1. The first-order valence-corrected chi connectivity index (χ1v) is 11.8. The zero-order valence-corrected chi connectivity index (χ0v) is 18.9. The molecule has 0 aliphatic carbocycles. The van der Waals surface area contributed by atoms with Crippen LogP contribution in [0.4, 0.5) is 5.82 Å². The molecule has 9 nitrogen and oxygen atoms in total. The highest BCUT2D eigenvalue weighted by Gasteiger charge is 2.50. The van der Waals surface area contributed by atoms with Crippen molar-refractivity contribution in [2.24, 2.45) is 11.1 Å². The molecule has 0 amide bonds. The number of ether oxygens (including phenoxy) is 1. The van der Waals surface area contributed by atoms with Crippen molar-refractivity contribution in [2.75, 3.05) is 18.8 Å². The average Bonchev–Trinajstić information content (AvgIpc) is 3.43.